The molecule has 0 saturated carbocycles. The average molecular weight is 322 g/mol. The lowest BCUT2D eigenvalue weighted by Crippen LogP contribution is -2.12. The van der Waals surface area contributed by atoms with Gasteiger partial charge in [-0.15, -0.1) is 0 Å². The molecule has 3 aromatic rings. The minimum Gasteiger partial charge on any atom is -0.497 e. The van der Waals surface area contributed by atoms with Gasteiger partial charge in [-0.25, -0.2) is 4.98 Å². The van der Waals surface area contributed by atoms with Gasteiger partial charge >= 0.3 is 0 Å². The lowest BCUT2D eigenvalue weighted by atomic mass is 10.2. The molecule has 1 amide bonds. The van der Waals surface area contributed by atoms with E-state index in [4.69, 9.17) is 9.15 Å². The molecule has 122 valence electrons. The molecular formula is C19H18N2O3. The van der Waals surface area contributed by atoms with Gasteiger partial charge in [0, 0.05) is 24.1 Å². The first kappa shape index (κ1) is 15.8. The largest absolute Gasteiger partial charge is 0.497 e. The monoisotopic (exact) mass is 322 g/mol. The van der Waals surface area contributed by atoms with Crippen LogP contribution in [0.25, 0.3) is 11.3 Å². The number of methoxy groups -OCH3 is 1. The normalized spacial score (nSPS) is 10.4. The number of amides is 1. The van der Waals surface area contributed by atoms with Gasteiger partial charge in [-0.1, -0.05) is 18.2 Å². The zero-order valence-electron chi connectivity index (χ0n) is 13.4. The number of carbonyl (C=O) groups is 1. The van der Waals surface area contributed by atoms with E-state index in [1.807, 2.05) is 54.6 Å². The maximum Gasteiger partial charge on any atom is 0.224 e. The zero-order valence-corrected chi connectivity index (χ0v) is 13.4. The van der Waals surface area contributed by atoms with Crippen LogP contribution in [-0.2, 0) is 11.2 Å². The van der Waals surface area contributed by atoms with E-state index in [-0.39, 0.29) is 5.91 Å². The summed E-state index contributed by atoms with van der Waals surface area (Å²) < 4.78 is 10.8. The van der Waals surface area contributed by atoms with Crippen LogP contribution in [0.5, 0.6) is 5.75 Å². The van der Waals surface area contributed by atoms with E-state index in [0.717, 1.165) is 17.0 Å². The van der Waals surface area contributed by atoms with E-state index in [2.05, 4.69) is 10.3 Å². The van der Waals surface area contributed by atoms with Crippen molar-refractivity contribution in [2.45, 2.75) is 12.8 Å². The average Bonchev–Trinajstić information content (AvgIpc) is 3.10. The molecule has 1 N–H and O–H groups in total. The molecule has 0 aliphatic heterocycles. The lowest BCUT2D eigenvalue weighted by Gasteiger charge is -2.03. The third-order valence-corrected chi connectivity index (χ3v) is 3.55. The summed E-state index contributed by atoms with van der Waals surface area (Å²) in [5.74, 6) is 1.95. The van der Waals surface area contributed by atoms with Gasteiger partial charge in [0.25, 0.3) is 0 Å². The van der Waals surface area contributed by atoms with Crippen molar-refractivity contribution in [2.75, 3.05) is 12.4 Å². The first-order chi connectivity index (χ1) is 11.7. The fraction of sp³-hybridized carbons (Fsp3) is 0.158. The Hall–Kier alpha value is -3.08. The number of para-hydroxylation sites is 1. The third-order valence-electron chi connectivity index (χ3n) is 3.55. The van der Waals surface area contributed by atoms with Gasteiger partial charge < -0.3 is 14.5 Å². The van der Waals surface area contributed by atoms with Crippen molar-refractivity contribution in [3.63, 3.8) is 0 Å². The molecule has 0 fully saturated rings. The van der Waals surface area contributed by atoms with Crippen LogP contribution in [0.3, 0.4) is 0 Å². The number of aromatic nitrogens is 1. The molecule has 0 bridgehead atoms. The number of ether oxygens (including phenoxy) is 1. The van der Waals surface area contributed by atoms with Crippen molar-refractivity contribution in [1.82, 2.24) is 4.98 Å². The van der Waals surface area contributed by atoms with Crippen LogP contribution in [0.15, 0.2) is 65.2 Å². The second kappa shape index (κ2) is 7.46. The molecule has 1 aromatic heterocycles. The van der Waals surface area contributed by atoms with Crippen molar-refractivity contribution in [1.29, 1.82) is 0 Å². The van der Waals surface area contributed by atoms with Crippen LogP contribution in [0.4, 0.5) is 5.69 Å². The van der Waals surface area contributed by atoms with E-state index >= 15 is 0 Å². The quantitative estimate of drug-likeness (QED) is 0.747. The Morgan fingerprint density at radius 2 is 1.88 bits per heavy atom. The predicted octanol–water partition coefficient (Wildman–Crippen LogP) is 3.92. The number of aryl methyl sites for hydroxylation is 1. The SMILES string of the molecule is COc1ccc(-c2cnc(CCC(=O)Nc3ccccc3)o2)cc1. The number of anilines is 1. The molecular weight excluding hydrogens is 304 g/mol. The molecule has 2 aromatic carbocycles. The van der Waals surface area contributed by atoms with Gasteiger partial charge in [0.2, 0.25) is 5.91 Å². The van der Waals surface area contributed by atoms with Crippen LogP contribution in [0, 0.1) is 0 Å². The van der Waals surface area contributed by atoms with Gasteiger partial charge in [0.1, 0.15) is 5.75 Å². The topological polar surface area (TPSA) is 64.4 Å². The van der Waals surface area contributed by atoms with Crippen LogP contribution in [-0.4, -0.2) is 18.0 Å². The highest BCUT2D eigenvalue weighted by Gasteiger charge is 2.09. The van der Waals surface area contributed by atoms with Gasteiger partial charge in [0.15, 0.2) is 11.7 Å². The number of oxazole rings is 1. The van der Waals surface area contributed by atoms with Crippen LogP contribution < -0.4 is 10.1 Å². The van der Waals surface area contributed by atoms with Crippen molar-refractivity contribution in [3.05, 3.63) is 66.7 Å². The van der Waals surface area contributed by atoms with E-state index in [1.54, 1.807) is 13.3 Å². The zero-order chi connectivity index (χ0) is 16.8. The molecule has 0 saturated heterocycles. The van der Waals surface area contributed by atoms with Gasteiger partial charge in [0.05, 0.1) is 13.3 Å². The Labute approximate surface area is 140 Å². The van der Waals surface area contributed by atoms with Gasteiger partial charge in [-0.05, 0) is 36.4 Å². The first-order valence-corrected chi connectivity index (χ1v) is 7.68. The minimum absolute atomic E-state index is 0.0644. The summed E-state index contributed by atoms with van der Waals surface area (Å²) in [6.07, 6.45) is 2.44. The molecule has 0 spiro atoms. The molecule has 5 nitrogen and oxygen atoms in total. The highest BCUT2D eigenvalue weighted by molar-refractivity contribution is 5.90. The highest BCUT2D eigenvalue weighted by Crippen LogP contribution is 2.23. The van der Waals surface area contributed by atoms with Gasteiger partial charge in [-0.3, -0.25) is 4.79 Å². The van der Waals surface area contributed by atoms with E-state index in [1.165, 1.54) is 0 Å². The number of hydrogen-bond donors (Lipinski definition) is 1. The minimum atomic E-state index is -0.0644. The smallest absolute Gasteiger partial charge is 0.224 e. The van der Waals surface area contributed by atoms with Crippen LogP contribution in [0.2, 0.25) is 0 Å². The lowest BCUT2D eigenvalue weighted by molar-refractivity contribution is -0.116. The Kier molecular flexibility index (Phi) is 4.91. The van der Waals surface area contributed by atoms with Crippen molar-refractivity contribution < 1.29 is 13.9 Å². The van der Waals surface area contributed by atoms with Crippen LogP contribution in [0.1, 0.15) is 12.3 Å². The Morgan fingerprint density at radius 3 is 2.58 bits per heavy atom. The second-order valence-corrected chi connectivity index (χ2v) is 5.26. The number of nitrogens with one attached hydrogen (secondary N) is 1. The standard InChI is InChI=1S/C19H18N2O3/c1-23-16-9-7-14(8-10-16)17-13-20-19(24-17)12-11-18(22)21-15-5-3-2-4-6-15/h2-10,13H,11-12H2,1H3,(H,21,22). The fourth-order valence-electron chi connectivity index (χ4n) is 2.28. The highest BCUT2D eigenvalue weighted by atomic mass is 16.5. The summed E-state index contributed by atoms with van der Waals surface area (Å²) in [6, 6.07) is 16.9. The van der Waals surface area contributed by atoms with Gasteiger partial charge in [-0.2, -0.15) is 0 Å². The van der Waals surface area contributed by atoms with E-state index in [9.17, 15) is 4.79 Å². The molecule has 0 unspecified atom stereocenters. The number of benzene rings is 2. The van der Waals surface area contributed by atoms with Crippen molar-refractivity contribution in [2.24, 2.45) is 0 Å². The van der Waals surface area contributed by atoms with Crippen molar-refractivity contribution >= 4 is 11.6 Å². The number of nitrogens with zero attached hydrogens (tertiary/aromatic N) is 1. The molecule has 0 radical (unpaired) electrons. The Morgan fingerprint density at radius 1 is 1.12 bits per heavy atom. The van der Waals surface area contributed by atoms with Crippen LogP contribution >= 0.6 is 0 Å². The molecule has 0 aliphatic rings. The first-order valence-electron chi connectivity index (χ1n) is 7.68. The number of rotatable bonds is 6. The Balaban J connectivity index is 1.56. The third kappa shape index (κ3) is 4.01. The summed E-state index contributed by atoms with van der Waals surface area (Å²) in [5, 5.41) is 2.84. The number of carbonyl (C=O) groups excluding carboxylic acids is 1. The second-order valence-electron chi connectivity index (χ2n) is 5.26. The maximum absolute atomic E-state index is 11.9. The van der Waals surface area contributed by atoms with E-state index in [0.29, 0.717) is 24.5 Å². The van der Waals surface area contributed by atoms with E-state index < -0.39 is 0 Å². The van der Waals surface area contributed by atoms with Crippen molar-refractivity contribution in [3.8, 4) is 17.1 Å². The summed E-state index contributed by atoms with van der Waals surface area (Å²) in [7, 11) is 1.63. The summed E-state index contributed by atoms with van der Waals surface area (Å²) in [4.78, 5) is 16.2. The summed E-state index contributed by atoms with van der Waals surface area (Å²) in [6.45, 7) is 0. The predicted molar refractivity (Wildman–Crippen MR) is 91.9 cm³/mol. The summed E-state index contributed by atoms with van der Waals surface area (Å²) >= 11 is 0. The maximum atomic E-state index is 11.9. The molecule has 0 atom stereocenters. The fourth-order valence-corrected chi connectivity index (χ4v) is 2.28. The summed E-state index contributed by atoms with van der Waals surface area (Å²) in [5.41, 5.74) is 1.71. The Bertz CT molecular complexity index is 795. The molecule has 1 heterocycles. The molecule has 5 heteroatoms. The molecule has 24 heavy (non-hydrogen) atoms. The molecule has 3 rings (SSSR count). The molecule has 0 aliphatic carbocycles. The number of hydrogen-bond acceptors (Lipinski definition) is 4.